The quantitative estimate of drug-likeness (QED) is 0.722. The zero-order valence-corrected chi connectivity index (χ0v) is 11.3. The molecule has 1 amide bonds. The van der Waals surface area contributed by atoms with Gasteiger partial charge in [-0.05, 0) is 19.1 Å². The van der Waals surface area contributed by atoms with E-state index in [1.54, 1.807) is 12.1 Å². The predicted molar refractivity (Wildman–Crippen MR) is 74.3 cm³/mol. The SMILES string of the molecule is Cc1ccc(N(CC(=O)O)CC(=O)NCCC#N)cc1. The molecule has 0 atom stereocenters. The van der Waals surface area contributed by atoms with Crippen LogP contribution < -0.4 is 10.2 Å². The molecule has 0 saturated carbocycles. The summed E-state index contributed by atoms with van der Waals surface area (Å²) in [5.41, 5.74) is 1.73. The second-order valence-corrected chi connectivity index (χ2v) is 4.34. The molecule has 6 heteroatoms. The molecule has 0 fully saturated rings. The van der Waals surface area contributed by atoms with Crippen molar-refractivity contribution in [1.29, 1.82) is 5.26 Å². The number of nitrogens with one attached hydrogen (secondary N) is 1. The van der Waals surface area contributed by atoms with E-state index < -0.39 is 5.97 Å². The molecule has 2 N–H and O–H groups in total. The Labute approximate surface area is 117 Å². The first-order chi connectivity index (χ1) is 9.52. The largest absolute Gasteiger partial charge is 0.480 e. The molecule has 106 valence electrons. The van der Waals surface area contributed by atoms with Crippen molar-refractivity contribution in [2.45, 2.75) is 13.3 Å². The van der Waals surface area contributed by atoms with E-state index in [1.165, 1.54) is 4.90 Å². The Balaban J connectivity index is 2.69. The first-order valence-electron chi connectivity index (χ1n) is 6.20. The molecular weight excluding hydrogens is 258 g/mol. The van der Waals surface area contributed by atoms with Crippen LogP contribution in [0.4, 0.5) is 5.69 Å². The Morgan fingerprint density at radius 2 is 1.95 bits per heavy atom. The Bertz CT molecular complexity index is 505. The molecule has 1 aromatic carbocycles. The van der Waals surface area contributed by atoms with Crippen molar-refractivity contribution in [3.05, 3.63) is 29.8 Å². The van der Waals surface area contributed by atoms with E-state index in [9.17, 15) is 9.59 Å². The molecule has 0 unspecified atom stereocenters. The van der Waals surface area contributed by atoms with Crippen molar-refractivity contribution >= 4 is 17.6 Å². The lowest BCUT2D eigenvalue weighted by atomic mass is 10.2. The van der Waals surface area contributed by atoms with Crippen LogP contribution >= 0.6 is 0 Å². The van der Waals surface area contributed by atoms with Crippen LogP contribution in [0.25, 0.3) is 0 Å². The third kappa shape index (κ3) is 5.40. The van der Waals surface area contributed by atoms with Crippen molar-refractivity contribution in [1.82, 2.24) is 5.32 Å². The maximum absolute atomic E-state index is 11.7. The van der Waals surface area contributed by atoms with Crippen LogP contribution in [0.1, 0.15) is 12.0 Å². The van der Waals surface area contributed by atoms with Gasteiger partial charge < -0.3 is 15.3 Å². The van der Waals surface area contributed by atoms with Gasteiger partial charge in [-0.2, -0.15) is 5.26 Å². The van der Waals surface area contributed by atoms with Crippen molar-refractivity contribution in [3.8, 4) is 6.07 Å². The van der Waals surface area contributed by atoms with Gasteiger partial charge in [-0.1, -0.05) is 17.7 Å². The molecule has 6 nitrogen and oxygen atoms in total. The third-order valence-electron chi connectivity index (χ3n) is 2.62. The monoisotopic (exact) mass is 275 g/mol. The van der Waals surface area contributed by atoms with Crippen LogP contribution in [0.2, 0.25) is 0 Å². The summed E-state index contributed by atoms with van der Waals surface area (Å²) in [4.78, 5) is 24.0. The molecule has 0 bridgehead atoms. The summed E-state index contributed by atoms with van der Waals surface area (Å²) in [5.74, 6) is -1.31. The topological polar surface area (TPSA) is 93.4 Å². The number of anilines is 1. The van der Waals surface area contributed by atoms with Gasteiger partial charge in [0, 0.05) is 12.2 Å². The lowest BCUT2D eigenvalue weighted by Crippen LogP contribution is -2.40. The smallest absolute Gasteiger partial charge is 0.323 e. The number of rotatable bonds is 7. The summed E-state index contributed by atoms with van der Waals surface area (Å²) < 4.78 is 0. The molecule has 0 radical (unpaired) electrons. The first kappa shape index (κ1) is 15.5. The highest BCUT2D eigenvalue weighted by Gasteiger charge is 2.14. The second kappa shape index (κ2) is 7.79. The maximum Gasteiger partial charge on any atom is 0.323 e. The first-order valence-corrected chi connectivity index (χ1v) is 6.20. The van der Waals surface area contributed by atoms with Gasteiger partial charge in [0.2, 0.25) is 5.91 Å². The number of amides is 1. The standard InChI is InChI=1S/C14H17N3O3/c1-11-3-5-12(6-4-11)17(10-14(19)20)9-13(18)16-8-2-7-15/h3-6H,2,8-10H2,1H3,(H,16,18)(H,19,20). The molecule has 0 aliphatic rings. The lowest BCUT2D eigenvalue weighted by Gasteiger charge is -2.22. The Morgan fingerprint density at radius 3 is 2.50 bits per heavy atom. The van der Waals surface area contributed by atoms with Gasteiger partial charge in [-0.15, -0.1) is 0 Å². The highest BCUT2D eigenvalue weighted by Crippen LogP contribution is 2.14. The maximum atomic E-state index is 11.7. The molecule has 0 saturated heterocycles. The van der Waals surface area contributed by atoms with Crippen LogP contribution in [0, 0.1) is 18.3 Å². The van der Waals surface area contributed by atoms with Crippen molar-refractivity contribution in [2.24, 2.45) is 0 Å². The van der Waals surface area contributed by atoms with E-state index in [0.29, 0.717) is 5.69 Å². The number of benzene rings is 1. The molecule has 0 heterocycles. The van der Waals surface area contributed by atoms with Crippen LogP contribution in [0.5, 0.6) is 0 Å². The van der Waals surface area contributed by atoms with E-state index >= 15 is 0 Å². The summed E-state index contributed by atoms with van der Waals surface area (Å²) in [7, 11) is 0. The summed E-state index contributed by atoms with van der Waals surface area (Å²) in [6.45, 7) is 1.89. The van der Waals surface area contributed by atoms with Crippen molar-refractivity contribution < 1.29 is 14.7 Å². The number of carbonyl (C=O) groups excluding carboxylic acids is 1. The van der Waals surface area contributed by atoms with E-state index in [4.69, 9.17) is 10.4 Å². The fourth-order valence-corrected chi connectivity index (χ4v) is 1.64. The van der Waals surface area contributed by atoms with Crippen molar-refractivity contribution in [2.75, 3.05) is 24.5 Å². The average Bonchev–Trinajstić information content (AvgIpc) is 2.38. The van der Waals surface area contributed by atoms with Gasteiger partial charge in [0.1, 0.15) is 6.54 Å². The van der Waals surface area contributed by atoms with Gasteiger partial charge in [-0.3, -0.25) is 9.59 Å². The number of aliphatic carboxylic acids is 1. The minimum atomic E-state index is -1.00. The van der Waals surface area contributed by atoms with Gasteiger partial charge in [0.05, 0.1) is 19.0 Å². The molecule has 0 spiro atoms. The summed E-state index contributed by atoms with van der Waals surface area (Å²) in [6.07, 6.45) is 0.231. The molecular formula is C14H17N3O3. The zero-order valence-electron chi connectivity index (χ0n) is 11.3. The number of carbonyl (C=O) groups is 2. The second-order valence-electron chi connectivity index (χ2n) is 4.34. The lowest BCUT2D eigenvalue weighted by molar-refractivity contribution is -0.135. The van der Waals surface area contributed by atoms with E-state index in [0.717, 1.165) is 5.56 Å². The molecule has 1 aromatic rings. The highest BCUT2D eigenvalue weighted by molar-refractivity contribution is 5.84. The number of hydrogen-bond acceptors (Lipinski definition) is 4. The molecule has 0 aliphatic carbocycles. The van der Waals surface area contributed by atoms with E-state index in [2.05, 4.69) is 5.32 Å². The Kier molecular flexibility index (Phi) is 6.04. The van der Waals surface area contributed by atoms with Crippen LogP contribution in [0.3, 0.4) is 0 Å². The van der Waals surface area contributed by atoms with Gasteiger partial charge in [-0.25, -0.2) is 0 Å². The van der Waals surface area contributed by atoms with Gasteiger partial charge in [0.15, 0.2) is 0 Å². The minimum Gasteiger partial charge on any atom is -0.480 e. The Morgan fingerprint density at radius 1 is 1.30 bits per heavy atom. The number of carboxylic acid groups (broad SMARTS) is 1. The average molecular weight is 275 g/mol. The predicted octanol–water partition coefficient (Wildman–Crippen LogP) is 0.916. The summed E-state index contributed by atoms with van der Waals surface area (Å²) in [6, 6.07) is 9.20. The molecule has 0 aliphatic heterocycles. The van der Waals surface area contributed by atoms with Gasteiger partial charge >= 0.3 is 5.97 Å². The van der Waals surface area contributed by atoms with Crippen LogP contribution in [-0.4, -0.2) is 36.6 Å². The number of nitriles is 1. The van der Waals surface area contributed by atoms with Crippen LogP contribution in [0.15, 0.2) is 24.3 Å². The van der Waals surface area contributed by atoms with E-state index in [1.807, 2.05) is 25.1 Å². The molecule has 1 rings (SSSR count). The number of aryl methyl sites for hydroxylation is 1. The minimum absolute atomic E-state index is 0.0548. The molecule has 20 heavy (non-hydrogen) atoms. The fraction of sp³-hybridized carbons (Fsp3) is 0.357. The third-order valence-corrected chi connectivity index (χ3v) is 2.62. The van der Waals surface area contributed by atoms with Crippen molar-refractivity contribution in [3.63, 3.8) is 0 Å². The highest BCUT2D eigenvalue weighted by atomic mass is 16.4. The Hall–Kier alpha value is -2.55. The summed E-state index contributed by atoms with van der Waals surface area (Å²) >= 11 is 0. The van der Waals surface area contributed by atoms with E-state index in [-0.39, 0.29) is 32.0 Å². The molecule has 0 aromatic heterocycles. The fourth-order valence-electron chi connectivity index (χ4n) is 1.64. The number of carboxylic acids is 1. The number of hydrogen-bond donors (Lipinski definition) is 2. The van der Waals surface area contributed by atoms with Gasteiger partial charge in [0.25, 0.3) is 0 Å². The zero-order chi connectivity index (χ0) is 15.0. The number of nitrogens with zero attached hydrogens (tertiary/aromatic N) is 2. The normalized spacial score (nSPS) is 9.60. The van der Waals surface area contributed by atoms with Crippen LogP contribution in [-0.2, 0) is 9.59 Å². The summed E-state index contributed by atoms with van der Waals surface area (Å²) in [5, 5.41) is 19.9.